The average Bonchev–Trinajstić information content (AvgIpc) is 2.82. The third kappa shape index (κ3) is 5.52. The molecule has 0 saturated heterocycles. The Morgan fingerprint density at radius 1 is 0.806 bits per heavy atom. The Morgan fingerprint density at radius 3 is 2.39 bits per heavy atom. The van der Waals surface area contributed by atoms with E-state index >= 15 is 0 Å². The van der Waals surface area contributed by atoms with Gasteiger partial charge in [-0.1, -0.05) is 91.0 Å². The van der Waals surface area contributed by atoms with Crippen LogP contribution in [-0.4, -0.2) is 17.7 Å². The standard InChI is InChI=1S/C28H29NO2/c1-21(18-24-14-9-13-23-12-5-6-15-25(23)24)29-19-27(30)26-16-7-8-17-28(26)31-20-22-10-3-2-4-11-22/h2-17,21,27,29-30H,18-20H2,1H3. The largest absolute Gasteiger partial charge is 0.489 e. The van der Waals surface area contributed by atoms with Crippen LogP contribution in [0, 0.1) is 0 Å². The lowest BCUT2D eigenvalue weighted by Gasteiger charge is -2.20. The topological polar surface area (TPSA) is 41.5 Å². The predicted molar refractivity (Wildman–Crippen MR) is 127 cm³/mol. The second-order valence-corrected chi connectivity index (χ2v) is 7.98. The molecule has 0 heterocycles. The molecule has 2 unspecified atom stereocenters. The van der Waals surface area contributed by atoms with E-state index in [0.717, 1.165) is 23.3 Å². The number of hydrogen-bond donors (Lipinski definition) is 2. The number of para-hydroxylation sites is 1. The van der Waals surface area contributed by atoms with E-state index in [2.05, 4.69) is 54.7 Å². The van der Waals surface area contributed by atoms with Gasteiger partial charge in [0.1, 0.15) is 12.4 Å². The lowest BCUT2D eigenvalue weighted by molar-refractivity contribution is 0.163. The van der Waals surface area contributed by atoms with Crippen molar-refractivity contribution in [2.75, 3.05) is 6.54 Å². The van der Waals surface area contributed by atoms with Crippen molar-refractivity contribution in [1.82, 2.24) is 5.32 Å². The first-order chi connectivity index (χ1) is 15.2. The van der Waals surface area contributed by atoms with Crippen molar-refractivity contribution < 1.29 is 9.84 Å². The van der Waals surface area contributed by atoms with Crippen LogP contribution in [0.25, 0.3) is 10.8 Å². The van der Waals surface area contributed by atoms with E-state index in [1.54, 1.807) is 0 Å². The Morgan fingerprint density at radius 2 is 1.52 bits per heavy atom. The normalized spacial score (nSPS) is 13.1. The second kappa shape index (κ2) is 10.3. The molecule has 0 aliphatic heterocycles. The summed E-state index contributed by atoms with van der Waals surface area (Å²) in [6.07, 6.45) is 0.266. The van der Waals surface area contributed by atoms with Gasteiger partial charge in [-0.25, -0.2) is 0 Å². The van der Waals surface area contributed by atoms with E-state index in [1.165, 1.54) is 16.3 Å². The van der Waals surface area contributed by atoms with Gasteiger partial charge in [-0.2, -0.15) is 0 Å². The van der Waals surface area contributed by atoms with E-state index in [1.807, 2.05) is 54.6 Å². The Kier molecular flexibility index (Phi) is 6.98. The number of ether oxygens (including phenoxy) is 1. The molecule has 0 aliphatic carbocycles. The summed E-state index contributed by atoms with van der Waals surface area (Å²) in [4.78, 5) is 0. The van der Waals surface area contributed by atoms with Gasteiger partial charge in [-0.15, -0.1) is 0 Å². The molecule has 3 heteroatoms. The van der Waals surface area contributed by atoms with Gasteiger partial charge in [-0.3, -0.25) is 0 Å². The highest BCUT2D eigenvalue weighted by Gasteiger charge is 2.15. The number of aliphatic hydroxyl groups excluding tert-OH is 1. The molecule has 2 atom stereocenters. The Hall–Kier alpha value is -3.14. The fourth-order valence-corrected chi connectivity index (χ4v) is 3.92. The highest BCUT2D eigenvalue weighted by Crippen LogP contribution is 2.26. The van der Waals surface area contributed by atoms with Crippen molar-refractivity contribution in [1.29, 1.82) is 0 Å². The first-order valence-corrected chi connectivity index (χ1v) is 10.8. The lowest BCUT2D eigenvalue weighted by atomic mass is 9.99. The number of fused-ring (bicyclic) bond motifs is 1. The summed E-state index contributed by atoms with van der Waals surface area (Å²) in [7, 11) is 0. The van der Waals surface area contributed by atoms with Gasteiger partial charge >= 0.3 is 0 Å². The number of benzene rings is 4. The maximum absolute atomic E-state index is 10.8. The minimum Gasteiger partial charge on any atom is -0.489 e. The van der Waals surface area contributed by atoms with Crippen LogP contribution in [0.1, 0.15) is 29.7 Å². The van der Waals surface area contributed by atoms with Crippen LogP contribution in [0.5, 0.6) is 5.75 Å². The molecule has 3 nitrogen and oxygen atoms in total. The predicted octanol–water partition coefficient (Wildman–Crippen LogP) is 5.67. The van der Waals surface area contributed by atoms with Crippen LogP contribution in [0.4, 0.5) is 0 Å². The zero-order chi connectivity index (χ0) is 21.5. The molecule has 0 spiro atoms. The maximum Gasteiger partial charge on any atom is 0.125 e. The average molecular weight is 412 g/mol. The summed E-state index contributed by atoms with van der Waals surface area (Å²) in [6, 6.07) is 32.9. The molecule has 0 fully saturated rings. The van der Waals surface area contributed by atoms with Gasteiger partial charge in [0, 0.05) is 18.2 Å². The Balaban J connectivity index is 1.36. The molecule has 2 N–H and O–H groups in total. The van der Waals surface area contributed by atoms with Crippen molar-refractivity contribution in [3.8, 4) is 5.75 Å². The van der Waals surface area contributed by atoms with Crippen molar-refractivity contribution >= 4 is 10.8 Å². The summed E-state index contributed by atoms with van der Waals surface area (Å²) in [5, 5.41) is 16.9. The first kappa shape index (κ1) is 21.1. The molecule has 4 rings (SSSR count). The Bertz CT molecular complexity index is 1100. The van der Waals surface area contributed by atoms with Crippen molar-refractivity contribution in [3.63, 3.8) is 0 Å². The summed E-state index contributed by atoms with van der Waals surface area (Å²) in [5.74, 6) is 0.724. The van der Waals surface area contributed by atoms with Crippen molar-refractivity contribution in [3.05, 3.63) is 114 Å². The van der Waals surface area contributed by atoms with Gasteiger partial charge < -0.3 is 15.2 Å². The molecule has 0 bridgehead atoms. The van der Waals surface area contributed by atoms with Gasteiger partial charge in [0.15, 0.2) is 0 Å². The quantitative estimate of drug-likeness (QED) is 0.373. The lowest BCUT2D eigenvalue weighted by Crippen LogP contribution is -2.32. The molecule has 0 radical (unpaired) electrons. The van der Waals surface area contributed by atoms with Crippen molar-refractivity contribution in [2.45, 2.75) is 32.1 Å². The number of aliphatic hydroxyl groups is 1. The first-order valence-electron chi connectivity index (χ1n) is 10.8. The van der Waals surface area contributed by atoms with Crippen LogP contribution >= 0.6 is 0 Å². The fourth-order valence-electron chi connectivity index (χ4n) is 3.92. The zero-order valence-corrected chi connectivity index (χ0v) is 17.9. The van der Waals surface area contributed by atoms with Crippen molar-refractivity contribution in [2.24, 2.45) is 0 Å². The van der Waals surface area contributed by atoms with Gasteiger partial charge in [-0.05, 0) is 41.3 Å². The number of nitrogens with one attached hydrogen (secondary N) is 1. The molecule has 0 saturated carbocycles. The number of rotatable bonds is 9. The highest BCUT2D eigenvalue weighted by molar-refractivity contribution is 5.85. The summed E-state index contributed by atoms with van der Waals surface area (Å²) >= 11 is 0. The second-order valence-electron chi connectivity index (χ2n) is 7.98. The third-order valence-corrected chi connectivity index (χ3v) is 5.58. The summed E-state index contributed by atoms with van der Waals surface area (Å²) < 4.78 is 6.01. The molecule has 0 amide bonds. The van der Waals surface area contributed by atoms with E-state index in [0.29, 0.717) is 13.2 Å². The highest BCUT2D eigenvalue weighted by atomic mass is 16.5. The molecule has 0 aliphatic rings. The third-order valence-electron chi connectivity index (χ3n) is 5.58. The van der Waals surface area contributed by atoms with E-state index < -0.39 is 6.10 Å². The zero-order valence-electron chi connectivity index (χ0n) is 17.9. The molecule has 4 aromatic carbocycles. The van der Waals surface area contributed by atoms with E-state index in [-0.39, 0.29) is 6.04 Å². The SMILES string of the molecule is CC(Cc1cccc2ccccc12)NCC(O)c1ccccc1OCc1ccccc1. The minimum absolute atomic E-state index is 0.234. The van der Waals surface area contributed by atoms with Gasteiger partial charge in [0.05, 0.1) is 6.10 Å². The number of hydrogen-bond acceptors (Lipinski definition) is 3. The van der Waals surface area contributed by atoms with Crippen LogP contribution in [0.3, 0.4) is 0 Å². The fraction of sp³-hybridized carbons (Fsp3) is 0.214. The maximum atomic E-state index is 10.8. The summed E-state index contributed by atoms with van der Waals surface area (Å²) in [6.45, 7) is 3.11. The Labute approximate surface area is 184 Å². The molecule has 158 valence electrons. The molecule has 0 aromatic heterocycles. The monoisotopic (exact) mass is 411 g/mol. The minimum atomic E-state index is -0.637. The molecule has 4 aromatic rings. The smallest absolute Gasteiger partial charge is 0.125 e. The van der Waals surface area contributed by atoms with E-state index in [9.17, 15) is 5.11 Å². The van der Waals surface area contributed by atoms with Crippen LogP contribution in [-0.2, 0) is 13.0 Å². The molecule has 31 heavy (non-hydrogen) atoms. The summed E-state index contributed by atoms with van der Waals surface area (Å²) in [5.41, 5.74) is 3.23. The van der Waals surface area contributed by atoms with Gasteiger partial charge in [0.25, 0.3) is 0 Å². The molecular formula is C28H29NO2. The van der Waals surface area contributed by atoms with Gasteiger partial charge in [0.2, 0.25) is 0 Å². The van der Waals surface area contributed by atoms with Crippen LogP contribution in [0.2, 0.25) is 0 Å². The van der Waals surface area contributed by atoms with Crippen LogP contribution in [0.15, 0.2) is 97.1 Å². The van der Waals surface area contributed by atoms with Crippen LogP contribution < -0.4 is 10.1 Å². The van der Waals surface area contributed by atoms with E-state index in [4.69, 9.17) is 4.74 Å². The molecular weight excluding hydrogens is 382 g/mol.